The van der Waals surface area contributed by atoms with E-state index in [2.05, 4.69) is 0 Å². The number of carbonyl (C=O) groups excluding carboxylic acids is 2. The molecule has 0 radical (unpaired) electrons. The van der Waals surface area contributed by atoms with E-state index in [1.165, 1.54) is 23.0 Å². The average molecular weight is 658 g/mol. The lowest BCUT2D eigenvalue weighted by Crippen LogP contribution is -2.40. The van der Waals surface area contributed by atoms with Crippen LogP contribution < -0.4 is 24.4 Å². The second-order valence-corrected chi connectivity index (χ2v) is 12.2. The van der Waals surface area contributed by atoms with Gasteiger partial charge in [-0.3, -0.25) is 14.2 Å². The predicted octanol–water partition coefficient (Wildman–Crippen LogP) is 4.60. The standard InChI is InChI=1S/C35H32ClN3O6S/c1-3-44-34(42)30-31(23-9-5-4-6-10-23)37-35-39(32(30)24-12-14-25(36)15-13-24)33(41)28(46-35)20-22-11-16-26(27(19-22)43-2)45-21-29(40)38-17-7-8-18-38/h4-6,9-16,19-20,32H,3,7-8,17-18,21H2,1-2H3/b28-20+/t32-/m1/s1. The Morgan fingerprint density at radius 3 is 2.46 bits per heavy atom. The molecule has 1 atom stereocenters. The Hall–Kier alpha value is -4.67. The highest BCUT2D eigenvalue weighted by Crippen LogP contribution is 2.35. The summed E-state index contributed by atoms with van der Waals surface area (Å²) < 4.78 is 18.8. The van der Waals surface area contributed by atoms with Crippen molar-refractivity contribution >= 4 is 46.6 Å². The molecule has 1 aromatic heterocycles. The maximum Gasteiger partial charge on any atom is 0.338 e. The van der Waals surface area contributed by atoms with Crippen LogP contribution in [0.5, 0.6) is 11.5 Å². The number of likely N-dealkylation sites (tertiary alicyclic amines) is 1. The van der Waals surface area contributed by atoms with E-state index in [9.17, 15) is 14.4 Å². The number of fused-ring (bicyclic) bond motifs is 1. The van der Waals surface area contributed by atoms with Crippen molar-refractivity contribution in [1.82, 2.24) is 9.47 Å². The first-order valence-electron chi connectivity index (χ1n) is 15.0. The molecular formula is C35H32ClN3O6S. The number of methoxy groups -OCH3 is 1. The van der Waals surface area contributed by atoms with Crippen molar-refractivity contribution in [3.63, 3.8) is 0 Å². The van der Waals surface area contributed by atoms with Crippen LogP contribution >= 0.6 is 22.9 Å². The molecule has 236 valence electrons. The van der Waals surface area contributed by atoms with Crippen molar-refractivity contribution in [2.45, 2.75) is 25.8 Å². The first kappa shape index (κ1) is 31.3. The Labute approximate surface area is 274 Å². The number of esters is 1. The van der Waals surface area contributed by atoms with Gasteiger partial charge in [-0.1, -0.05) is 71.5 Å². The lowest BCUT2D eigenvalue weighted by atomic mass is 9.93. The monoisotopic (exact) mass is 657 g/mol. The van der Waals surface area contributed by atoms with Crippen molar-refractivity contribution in [2.24, 2.45) is 4.99 Å². The second-order valence-electron chi connectivity index (χ2n) is 10.8. The van der Waals surface area contributed by atoms with E-state index in [1.807, 2.05) is 30.3 Å². The molecule has 1 saturated heterocycles. The molecule has 0 N–H and O–H groups in total. The Balaban J connectivity index is 1.44. The SMILES string of the molecule is CCOC(=O)C1=C(c2ccccc2)N=c2s/c(=C/c3ccc(OCC(=O)N4CCCC4)c(OC)c3)c(=O)n2[C@@H]1c1ccc(Cl)cc1. The van der Waals surface area contributed by atoms with Gasteiger partial charge in [0.15, 0.2) is 22.9 Å². The van der Waals surface area contributed by atoms with Crippen LogP contribution in [-0.2, 0) is 14.3 Å². The zero-order chi connectivity index (χ0) is 32.2. The number of aromatic nitrogens is 1. The molecule has 2 aliphatic rings. The molecule has 11 heteroatoms. The van der Waals surface area contributed by atoms with Gasteiger partial charge >= 0.3 is 5.97 Å². The Kier molecular flexibility index (Phi) is 9.37. The zero-order valence-corrected chi connectivity index (χ0v) is 27.0. The molecule has 3 aromatic carbocycles. The fourth-order valence-electron chi connectivity index (χ4n) is 5.64. The van der Waals surface area contributed by atoms with E-state index < -0.39 is 12.0 Å². The van der Waals surface area contributed by atoms with Crippen LogP contribution in [0.2, 0.25) is 5.02 Å². The molecule has 4 aromatic rings. The minimum Gasteiger partial charge on any atom is -0.493 e. The lowest BCUT2D eigenvalue weighted by Gasteiger charge is -2.25. The number of hydrogen-bond acceptors (Lipinski definition) is 8. The van der Waals surface area contributed by atoms with Gasteiger partial charge in [0.25, 0.3) is 11.5 Å². The summed E-state index contributed by atoms with van der Waals surface area (Å²) in [5, 5.41) is 0.530. The largest absolute Gasteiger partial charge is 0.493 e. The topological polar surface area (TPSA) is 99.4 Å². The maximum absolute atomic E-state index is 14.1. The Morgan fingerprint density at radius 1 is 1.02 bits per heavy atom. The molecule has 0 spiro atoms. The second kappa shape index (κ2) is 13.8. The van der Waals surface area contributed by atoms with Crippen LogP contribution in [0.4, 0.5) is 0 Å². The molecule has 0 unspecified atom stereocenters. The smallest absolute Gasteiger partial charge is 0.338 e. The predicted molar refractivity (Wildman–Crippen MR) is 177 cm³/mol. The number of hydrogen-bond donors (Lipinski definition) is 0. The number of rotatable bonds is 9. The Bertz CT molecular complexity index is 1980. The number of carbonyl (C=O) groups is 2. The third-order valence-corrected chi connectivity index (χ3v) is 9.09. The van der Waals surface area contributed by atoms with E-state index in [0.717, 1.165) is 31.5 Å². The molecule has 3 heterocycles. The van der Waals surface area contributed by atoms with Crippen molar-refractivity contribution in [3.05, 3.63) is 120 Å². The number of amides is 1. The minimum absolute atomic E-state index is 0.0583. The summed E-state index contributed by atoms with van der Waals surface area (Å²) in [6.07, 6.45) is 3.77. The van der Waals surface area contributed by atoms with Crippen molar-refractivity contribution in [1.29, 1.82) is 0 Å². The van der Waals surface area contributed by atoms with E-state index >= 15 is 0 Å². The van der Waals surface area contributed by atoms with E-state index in [4.69, 9.17) is 30.8 Å². The molecule has 0 aliphatic carbocycles. The number of benzene rings is 3. The van der Waals surface area contributed by atoms with Gasteiger partial charge in [-0.05, 0) is 61.2 Å². The highest BCUT2D eigenvalue weighted by molar-refractivity contribution is 7.07. The first-order chi connectivity index (χ1) is 22.4. The summed E-state index contributed by atoms with van der Waals surface area (Å²) in [7, 11) is 1.52. The summed E-state index contributed by atoms with van der Waals surface area (Å²) in [6.45, 7) is 3.33. The quantitative estimate of drug-likeness (QED) is 0.244. The molecule has 6 rings (SSSR count). The fourth-order valence-corrected chi connectivity index (χ4v) is 6.77. The highest BCUT2D eigenvalue weighted by Gasteiger charge is 2.35. The fraction of sp³-hybridized carbons (Fsp3) is 0.257. The van der Waals surface area contributed by atoms with Crippen LogP contribution in [0.25, 0.3) is 11.8 Å². The van der Waals surface area contributed by atoms with E-state index in [1.54, 1.807) is 60.4 Å². The van der Waals surface area contributed by atoms with E-state index in [0.29, 0.717) is 42.7 Å². The first-order valence-corrected chi connectivity index (χ1v) is 16.2. The van der Waals surface area contributed by atoms with Gasteiger partial charge in [0, 0.05) is 23.7 Å². The molecule has 2 aliphatic heterocycles. The van der Waals surface area contributed by atoms with Crippen molar-refractivity contribution < 1.29 is 23.8 Å². The van der Waals surface area contributed by atoms with Crippen LogP contribution in [0.3, 0.4) is 0 Å². The third-order valence-electron chi connectivity index (χ3n) is 7.85. The summed E-state index contributed by atoms with van der Waals surface area (Å²) in [5.74, 6) is 0.258. The molecule has 1 fully saturated rings. The number of nitrogens with zero attached hydrogens (tertiary/aromatic N) is 3. The van der Waals surface area contributed by atoms with Crippen molar-refractivity contribution in [2.75, 3.05) is 33.4 Å². The number of thiazole rings is 1. The van der Waals surface area contributed by atoms with Gasteiger partial charge in [-0.2, -0.15) is 0 Å². The molecule has 0 saturated carbocycles. The summed E-state index contributed by atoms with van der Waals surface area (Å²) >= 11 is 7.44. The summed E-state index contributed by atoms with van der Waals surface area (Å²) in [5.41, 5.74) is 2.50. The van der Waals surface area contributed by atoms with Crippen LogP contribution in [0.1, 0.15) is 42.5 Å². The molecule has 0 bridgehead atoms. The third kappa shape index (κ3) is 6.36. The number of halogens is 1. The van der Waals surface area contributed by atoms with Gasteiger partial charge in [0.1, 0.15) is 0 Å². The summed E-state index contributed by atoms with van der Waals surface area (Å²) in [4.78, 5) is 47.3. The molecule has 9 nitrogen and oxygen atoms in total. The van der Waals surface area contributed by atoms with Gasteiger partial charge < -0.3 is 19.1 Å². The molecule has 46 heavy (non-hydrogen) atoms. The lowest BCUT2D eigenvalue weighted by molar-refractivity contribution is -0.139. The van der Waals surface area contributed by atoms with Crippen LogP contribution in [0.15, 0.2) is 88.2 Å². The zero-order valence-electron chi connectivity index (χ0n) is 25.4. The summed E-state index contributed by atoms with van der Waals surface area (Å²) in [6, 6.07) is 20.9. The minimum atomic E-state index is -0.802. The number of ether oxygens (including phenoxy) is 3. The van der Waals surface area contributed by atoms with Gasteiger partial charge in [-0.25, -0.2) is 9.79 Å². The van der Waals surface area contributed by atoms with Gasteiger partial charge in [-0.15, -0.1) is 0 Å². The van der Waals surface area contributed by atoms with Gasteiger partial charge in [0.2, 0.25) is 0 Å². The van der Waals surface area contributed by atoms with E-state index in [-0.39, 0.29) is 30.3 Å². The van der Waals surface area contributed by atoms with Gasteiger partial charge in [0.05, 0.1) is 35.6 Å². The highest BCUT2D eigenvalue weighted by atomic mass is 35.5. The Morgan fingerprint density at radius 2 is 1.76 bits per heavy atom. The van der Waals surface area contributed by atoms with Crippen molar-refractivity contribution in [3.8, 4) is 11.5 Å². The van der Waals surface area contributed by atoms with Crippen LogP contribution in [-0.4, -0.2) is 54.8 Å². The maximum atomic E-state index is 14.1. The normalized spacial score (nSPS) is 16.2. The molecular weight excluding hydrogens is 626 g/mol. The molecule has 1 amide bonds. The van der Waals surface area contributed by atoms with Crippen LogP contribution in [0, 0.1) is 0 Å². The average Bonchev–Trinajstić information content (AvgIpc) is 3.72.